The first-order valence-corrected chi connectivity index (χ1v) is 6.41. The van der Waals surface area contributed by atoms with Crippen molar-refractivity contribution in [2.75, 3.05) is 19.0 Å². The maximum absolute atomic E-state index is 13.1. The van der Waals surface area contributed by atoms with Gasteiger partial charge in [-0.1, -0.05) is 12.1 Å². The van der Waals surface area contributed by atoms with E-state index >= 15 is 0 Å². The van der Waals surface area contributed by atoms with Crippen molar-refractivity contribution in [1.29, 1.82) is 0 Å². The third-order valence-electron chi connectivity index (χ3n) is 2.86. The Labute approximate surface area is 122 Å². The lowest BCUT2D eigenvalue weighted by Crippen LogP contribution is -2.20. The van der Waals surface area contributed by atoms with Crippen LogP contribution in [0, 0.1) is 12.7 Å². The number of aryl methyl sites for hydroxylation is 1. The van der Waals surface area contributed by atoms with E-state index in [9.17, 15) is 9.18 Å². The molecule has 1 amide bonds. The summed E-state index contributed by atoms with van der Waals surface area (Å²) < 4.78 is 23.5. The van der Waals surface area contributed by atoms with E-state index in [4.69, 9.17) is 9.47 Å². The standard InChI is InChI=1S/C16H16FNO3/c1-11-6-7-12(17)8-15(11)21-10-16(19)18-13-4-3-5-14(9-13)20-2/h3-9H,10H2,1-2H3,(H,18,19). The zero-order valence-electron chi connectivity index (χ0n) is 11.9. The zero-order valence-corrected chi connectivity index (χ0v) is 11.9. The van der Waals surface area contributed by atoms with Crippen molar-refractivity contribution < 1.29 is 18.7 Å². The summed E-state index contributed by atoms with van der Waals surface area (Å²) in [7, 11) is 1.55. The van der Waals surface area contributed by atoms with E-state index in [1.165, 1.54) is 12.1 Å². The van der Waals surface area contributed by atoms with Gasteiger partial charge < -0.3 is 14.8 Å². The van der Waals surface area contributed by atoms with Crippen molar-refractivity contribution in [2.24, 2.45) is 0 Å². The fourth-order valence-electron chi connectivity index (χ4n) is 1.77. The summed E-state index contributed by atoms with van der Waals surface area (Å²) in [5.74, 6) is 0.279. The van der Waals surface area contributed by atoms with Gasteiger partial charge in [-0.2, -0.15) is 0 Å². The molecule has 0 bridgehead atoms. The molecule has 21 heavy (non-hydrogen) atoms. The molecule has 0 aliphatic heterocycles. The Morgan fingerprint density at radius 3 is 2.81 bits per heavy atom. The van der Waals surface area contributed by atoms with Crippen LogP contribution < -0.4 is 14.8 Å². The van der Waals surface area contributed by atoms with Crippen molar-refractivity contribution in [2.45, 2.75) is 6.92 Å². The number of carbonyl (C=O) groups excluding carboxylic acids is 1. The van der Waals surface area contributed by atoms with Crippen LogP contribution in [0.15, 0.2) is 42.5 Å². The van der Waals surface area contributed by atoms with Crippen molar-refractivity contribution in [3.05, 3.63) is 53.8 Å². The number of hydrogen-bond acceptors (Lipinski definition) is 3. The number of methoxy groups -OCH3 is 1. The van der Waals surface area contributed by atoms with E-state index in [1.807, 2.05) is 0 Å². The van der Waals surface area contributed by atoms with Crippen molar-refractivity contribution in [1.82, 2.24) is 0 Å². The second-order valence-electron chi connectivity index (χ2n) is 4.48. The fourth-order valence-corrected chi connectivity index (χ4v) is 1.77. The highest BCUT2D eigenvalue weighted by Crippen LogP contribution is 2.19. The highest BCUT2D eigenvalue weighted by atomic mass is 19.1. The predicted octanol–water partition coefficient (Wildman–Crippen LogP) is 3.16. The van der Waals surface area contributed by atoms with E-state index in [2.05, 4.69) is 5.32 Å². The zero-order chi connectivity index (χ0) is 15.2. The Bertz CT molecular complexity index is 643. The molecule has 0 saturated heterocycles. The van der Waals surface area contributed by atoms with E-state index in [1.54, 1.807) is 44.4 Å². The number of carbonyl (C=O) groups is 1. The molecule has 4 nitrogen and oxygen atoms in total. The van der Waals surface area contributed by atoms with Crippen LogP contribution in [0.2, 0.25) is 0 Å². The van der Waals surface area contributed by atoms with Gasteiger partial charge in [0.05, 0.1) is 7.11 Å². The van der Waals surface area contributed by atoms with Crippen molar-refractivity contribution in [3.8, 4) is 11.5 Å². The van der Waals surface area contributed by atoms with Crippen LogP contribution in [0.1, 0.15) is 5.56 Å². The van der Waals surface area contributed by atoms with Gasteiger partial charge in [0.2, 0.25) is 0 Å². The Morgan fingerprint density at radius 1 is 1.24 bits per heavy atom. The molecule has 1 N–H and O–H groups in total. The summed E-state index contributed by atoms with van der Waals surface area (Å²) in [5.41, 5.74) is 1.38. The maximum atomic E-state index is 13.1. The highest BCUT2D eigenvalue weighted by Gasteiger charge is 2.07. The molecular formula is C16H16FNO3. The average molecular weight is 289 g/mol. The number of ether oxygens (including phenoxy) is 2. The number of anilines is 1. The molecule has 0 saturated carbocycles. The molecule has 0 spiro atoms. The van der Waals surface area contributed by atoms with Crippen LogP contribution in [-0.4, -0.2) is 19.6 Å². The smallest absolute Gasteiger partial charge is 0.262 e. The van der Waals surface area contributed by atoms with Crippen LogP contribution in [0.3, 0.4) is 0 Å². The van der Waals surface area contributed by atoms with Crippen LogP contribution >= 0.6 is 0 Å². The molecular weight excluding hydrogens is 273 g/mol. The van der Waals surface area contributed by atoms with Crippen LogP contribution in [0.4, 0.5) is 10.1 Å². The number of nitrogens with one attached hydrogen (secondary N) is 1. The van der Waals surface area contributed by atoms with Crippen molar-refractivity contribution >= 4 is 11.6 Å². The minimum absolute atomic E-state index is 0.193. The van der Waals surface area contributed by atoms with Crippen LogP contribution in [0.5, 0.6) is 11.5 Å². The molecule has 0 aliphatic carbocycles. The largest absolute Gasteiger partial charge is 0.497 e. The van der Waals surface area contributed by atoms with Crippen molar-refractivity contribution in [3.63, 3.8) is 0 Å². The molecule has 0 atom stereocenters. The lowest BCUT2D eigenvalue weighted by Gasteiger charge is -2.10. The molecule has 2 rings (SSSR count). The minimum Gasteiger partial charge on any atom is -0.497 e. The van der Waals surface area contributed by atoms with Gasteiger partial charge in [0.15, 0.2) is 6.61 Å². The number of benzene rings is 2. The summed E-state index contributed by atoms with van der Waals surface area (Å²) in [5, 5.41) is 2.68. The summed E-state index contributed by atoms with van der Waals surface area (Å²) in [6.45, 7) is 1.59. The summed E-state index contributed by atoms with van der Waals surface area (Å²) in [4.78, 5) is 11.8. The van der Waals surface area contributed by atoms with Crippen LogP contribution in [0.25, 0.3) is 0 Å². The summed E-state index contributed by atoms with van der Waals surface area (Å²) >= 11 is 0. The summed E-state index contributed by atoms with van der Waals surface area (Å²) in [6, 6.07) is 11.2. The third kappa shape index (κ3) is 4.21. The van der Waals surface area contributed by atoms with E-state index in [0.29, 0.717) is 17.2 Å². The fraction of sp³-hybridized carbons (Fsp3) is 0.188. The van der Waals surface area contributed by atoms with Gasteiger partial charge >= 0.3 is 0 Å². The van der Waals surface area contributed by atoms with Gasteiger partial charge in [-0.15, -0.1) is 0 Å². The van der Waals surface area contributed by atoms with Gasteiger partial charge in [-0.05, 0) is 30.7 Å². The molecule has 0 fully saturated rings. The molecule has 2 aromatic carbocycles. The SMILES string of the molecule is COc1cccc(NC(=O)COc2cc(F)ccc2C)c1. The Hall–Kier alpha value is -2.56. The lowest BCUT2D eigenvalue weighted by molar-refractivity contribution is -0.118. The van der Waals surface area contributed by atoms with Gasteiger partial charge in [0, 0.05) is 17.8 Å². The summed E-state index contributed by atoms with van der Waals surface area (Å²) in [6.07, 6.45) is 0. The number of amides is 1. The van der Waals surface area contributed by atoms with Crippen LogP contribution in [-0.2, 0) is 4.79 Å². The molecule has 0 radical (unpaired) electrons. The van der Waals surface area contributed by atoms with E-state index in [0.717, 1.165) is 5.56 Å². The van der Waals surface area contributed by atoms with Gasteiger partial charge in [-0.3, -0.25) is 4.79 Å². The molecule has 0 unspecified atom stereocenters. The van der Waals surface area contributed by atoms with E-state index in [-0.39, 0.29) is 12.5 Å². The number of hydrogen-bond donors (Lipinski definition) is 1. The maximum Gasteiger partial charge on any atom is 0.262 e. The highest BCUT2D eigenvalue weighted by molar-refractivity contribution is 5.92. The predicted molar refractivity (Wildman–Crippen MR) is 78.3 cm³/mol. The topological polar surface area (TPSA) is 47.6 Å². The average Bonchev–Trinajstić information content (AvgIpc) is 2.48. The third-order valence-corrected chi connectivity index (χ3v) is 2.86. The van der Waals surface area contributed by atoms with Gasteiger partial charge in [0.25, 0.3) is 5.91 Å². The molecule has 0 aliphatic rings. The quantitative estimate of drug-likeness (QED) is 0.919. The normalized spacial score (nSPS) is 10.0. The Balaban J connectivity index is 1.94. The molecule has 110 valence electrons. The first kappa shape index (κ1) is 14.8. The molecule has 0 aromatic heterocycles. The second-order valence-corrected chi connectivity index (χ2v) is 4.48. The first-order chi connectivity index (χ1) is 10.1. The first-order valence-electron chi connectivity index (χ1n) is 6.41. The number of rotatable bonds is 5. The van der Waals surface area contributed by atoms with Gasteiger partial charge in [-0.25, -0.2) is 4.39 Å². The van der Waals surface area contributed by atoms with Gasteiger partial charge in [0.1, 0.15) is 17.3 Å². The minimum atomic E-state index is -0.399. The Morgan fingerprint density at radius 2 is 2.05 bits per heavy atom. The lowest BCUT2D eigenvalue weighted by atomic mass is 10.2. The number of halogens is 1. The van der Waals surface area contributed by atoms with E-state index < -0.39 is 5.82 Å². The Kier molecular flexibility index (Phi) is 4.77. The molecule has 0 heterocycles. The molecule has 5 heteroatoms. The molecule has 2 aromatic rings. The monoisotopic (exact) mass is 289 g/mol. The second kappa shape index (κ2) is 6.74.